The van der Waals surface area contributed by atoms with E-state index in [4.69, 9.17) is 16.0 Å². The standard InChI is InChI=1S/C51H37N3O/c1-32-37-30-28-34-15-6-8-21-39(34)49(37)54-45-31-29-33-14-5-7-20-38(33)47(45)42-24-11-18-36(48(42)54)19-12-26-44(35-16-3-2-4-17-35)53-51(52-32)43-25-13-23-41-40-22-9-10-27-46(40)55-50(41)43/h2-11,13-18,20-25,27-31,44H,1,12,19,26H2,(H,52,53). The fraction of sp³-hybridized carbons (Fsp3) is 0.0784. The summed E-state index contributed by atoms with van der Waals surface area (Å²) in [5, 5.41) is 13.5. The van der Waals surface area contributed by atoms with Gasteiger partial charge in [-0.2, -0.15) is 0 Å². The van der Waals surface area contributed by atoms with Crippen LogP contribution < -0.4 is 5.32 Å². The Labute approximate surface area is 318 Å². The number of para-hydroxylation sites is 3. The normalized spacial score (nSPS) is 15.2. The number of hydrogen-bond acceptors (Lipinski definition) is 3. The lowest BCUT2D eigenvalue weighted by molar-refractivity contribution is 0.563. The number of benzene rings is 8. The summed E-state index contributed by atoms with van der Waals surface area (Å²) in [5.41, 5.74) is 10.3. The Morgan fingerprint density at radius 2 is 1.29 bits per heavy atom. The molecule has 4 nitrogen and oxygen atoms in total. The Morgan fingerprint density at radius 1 is 0.600 bits per heavy atom. The first-order valence-electron chi connectivity index (χ1n) is 19.2. The molecule has 2 aromatic heterocycles. The van der Waals surface area contributed by atoms with Crippen molar-refractivity contribution in [2.45, 2.75) is 25.3 Å². The first kappa shape index (κ1) is 31.6. The number of rotatable bonds is 2. The molecular weight excluding hydrogens is 671 g/mol. The zero-order chi connectivity index (χ0) is 36.5. The van der Waals surface area contributed by atoms with Crippen LogP contribution in [0.5, 0.6) is 0 Å². The highest BCUT2D eigenvalue weighted by molar-refractivity contribution is 6.23. The summed E-state index contributed by atoms with van der Waals surface area (Å²) in [7, 11) is 0. The summed E-state index contributed by atoms with van der Waals surface area (Å²) in [5.74, 6) is 0.743. The summed E-state index contributed by atoms with van der Waals surface area (Å²) >= 11 is 0. The number of amidine groups is 1. The van der Waals surface area contributed by atoms with Crippen molar-refractivity contribution in [1.82, 2.24) is 9.88 Å². The molecule has 1 aliphatic heterocycles. The molecule has 1 atom stereocenters. The first-order chi connectivity index (χ1) is 27.2. The van der Waals surface area contributed by atoms with Gasteiger partial charge in [0.1, 0.15) is 17.0 Å². The summed E-state index contributed by atoms with van der Waals surface area (Å²) in [6, 6.07) is 58.7. The number of aliphatic imine (C=N–C) groups is 1. The monoisotopic (exact) mass is 707 g/mol. The Balaban J connectivity index is 1.24. The molecule has 3 heterocycles. The molecule has 1 unspecified atom stereocenters. The lowest BCUT2D eigenvalue weighted by Crippen LogP contribution is -2.30. The number of nitrogens with one attached hydrogen (secondary N) is 1. The Morgan fingerprint density at radius 3 is 2.16 bits per heavy atom. The largest absolute Gasteiger partial charge is 0.455 e. The van der Waals surface area contributed by atoms with Crippen LogP contribution in [0.4, 0.5) is 0 Å². The van der Waals surface area contributed by atoms with Crippen LogP contribution in [-0.4, -0.2) is 10.4 Å². The summed E-state index contributed by atoms with van der Waals surface area (Å²) < 4.78 is 9.15. The van der Waals surface area contributed by atoms with Crippen molar-refractivity contribution in [2.24, 2.45) is 4.99 Å². The molecule has 0 amide bonds. The van der Waals surface area contributed by atoms with Crippen molar-refractivity contribution < 1.29 is 4.42 Å². The Bertz CT molecular complexity index is 3180. The average Bonchev–Trinajstić information content (AvgIpc) is 3.79. The van der Waals surface area contributed by atoms with Gasteiger partial charge in [-0.25, -0.2) is 4.99 Å². The predicted molar refractivity (Wildman–Crippen MR) is 230 cm³/mol. The highest BCUT2D eigenvalue weighted by Gasteiger charge is 2.25. The maximum Gasteiger partial charge on any atom is 0.146 e. The van der Waals surface area contributed by atoms with Crippen LogP contribution in [0.25, 0.3) is 76.7 Å². The molecule has 0 bridgehead atoms. The number of aryl methyl sites for hydroxylation is 1. The minimum Gasteiger partial charge on any atom is -0.455 e. The van der Waals surface area contributed by atoms with Crippen LogP contribution >= 0.6 is 0 Å². The van der Waals surface area contributed by atoms with Crippen LogP contribution in [0.3, 0.4) is 0 Å². The van der Waals surface area contributed by atoms with Crippen molar-refractivity contribution in [3.05, 3.63) is 193 Å². The smallest absolute Gasteiger partial charge is 0.146 e. The zero-order valence-corrected chi connectivity index (χ0v) is 30.3. The lowest BCUT2D eigenvalue weighted by atomic mass is 9.97. The molecule has 11 rings (SSSR count). The molecule has 0 saturated heterocycles. The third-order valence-corrected chi connectivity index (χ3v) is 11.6. The van der Waals surface area contributed by atoms with E-state index in [2.05, 4.69) is 162 Å². The molecule has 0 fully saturated rings. The van der Waals surface area contributed by atoms with Gasteiger partial charge in [0.25, 0.3) is 0 Å². The second-order valence-electron chi connectivity index (χ2n) is 14.7. The van der Waals surface area contributed by atoms with Gasteiger partial charge in [0.05, 0.1) is 34.0 Å². The van der Waals surface area contributed by atoms with Crippen molar-refractivity contribution in [3.8, 4) is 5.69 Å². The van der Waals surface area contributed by atoms with Crippen molar-refractivity contribution in [2.75, 3.05) is 0 Å². The van der Waals surface area contributed by atoms with Crippen LogP contribution in [-0.2, 0) is 6.42 Å². The zero-order valence-electron chi connectivity index (χ0n) is 30.3. The summed E-state index contributed by atoms with van der Waals surface area (Å²) in [6.45, 7) is 4.77. The summed E-state index contributed by atoms with van der Waals surface area (Å²) in [6.07, 6.45) is 2.80. The molecule has 262 valence electrons. The second kappa shape index (κ2) is 12.6. The molecule has 1 N–H and O–H groups in total. The Kier molecular flexibility index (Phi) is 7.24. The van der Waals surface area contributed by atoms with Gasteiger partial charge in [-0.3, -0.25) is 0 Å². The van der Waals surface area contributed by atoms with Crippen LogP contribution in [0.15, 0.2) is 180 Å². The topological polar surface area (TPSA) is 42.5 Å². The third-order valence-electron chi connectivity index (χ3n) is 11.6. The second-order valence-corrected chi connectivity index (χ2v) is 14.7. The molecular formula is C51H37N3O. The van der Waals surface area contributed by atoms with E-state index in [9.17, 15) is 0 Å². The maximum absolute atomic E-state index is 6.63. The first-order valence-corrected chi connectivity index (χ1v) is 19.2. The van der Waals surface area contributed by atoms with Crippen LogP contribution in [0.2, 0.25) is 0 Å². The molecule has 1 aliphatic rings. The molecule has 55 heavy (non-hydrogen) atoms. The fourth-order valence-corrected chi connectivity index (χ4v) is 9.04. The van der Waals surface area contributed by atoms with Crippen molar-refractivity contribution in [1.29, 1.82) is 0 Å². The average molecular weight is 708 g/mol. The van der Waals surface area contributed by atoms with Crippen LogP contribution in [0, 0.1) is 0 Å². The van der Waals surface area contributed by atoms with E-state index in [1.165, 1.54) is 49.1 Å². The van der Waals surface area contributed by atoms with Gasteiger partial charge >= 0.3 is 0 Å². The quantitative estimate of drug-likeness (QED) is 0.194. The van der Waals surface area contributed by atoms with E-state index in [1.807, 2.05) is 12.1 Å². The molecule has 0 saturated carbocycles. The number of aromatic nitrogens is 1. The van der Waals surface area contributed by atoms with Gasteiger partial charge in [-0.05, 0) is 64.7 Å². The van der Waals surface area contributed by atoms with E-state index < -0.39 is 0 Å². The fourth-order valence-electron chi connectivity index (χ4n) is 9.04. The van der Waals surface area contributed by atoms with Crippen LogP contribution in [0.1, 0.15) is 41.1 Å². The molecule has 0 spiro atoms. The van der Waals surface area contributed by atoms with Crippen molar-refractivity contribution in [3.63, 3.8) is 0 Å². The predicted octanol–water partition coefficient (Wildman–Crippen LogP) is 13.1. The molecule has 8 aromatic carbocycles. The SMILES string of the molecule is C=C1N=C(c2cccc3c2oc2ccccc23)NC(c2ccccc2)CCCc2cccc3c4c5ccccc5ccc4n(c23)-c2c1ccc1ccccc21. The van der Waals surface area contributed by atoms with E-state index in [0.717, 1.165) is 69.2 Å². The number of furan rings is 1. The highest BCUT2D eigenvalue weighted by Crippen LogP contribution is 2.43. The third kappa shape index (κ3) is 5.02. The van der Waals surface area contributed by atoms with E-state index in [-0.39, 0.29) is 6.04 Å². The lowest BCUT2D eigenvalue weighted by Gasteiger charge is -2.22. The van der Waals surface area contributed by atoms with E-state index >= 15 is 0 Å². The molecule has 0 radical (unpaired) electrons. The van der Waals surface area contributed by atoms with Gasteiger partial charge in [-0.1, -0.05) is 152 Å². The number of fused-ring (bicyclic) bond motifs is 12. The maximum atomic E-state index is 6.63. The van der Waals surface area contributed by atoms with Gasteiger partial charge in [-0.15, -0.1) is 0 Å². The van der Waals surface area contributed by atoms with E-state index in [0.29, 0.717) is 5.70 Å². The van der Waals surface area contributed by atoms with Crippen molar-refractivity contribution >= 4 is 76.8 Å². The number of nitrogens with zero attached hydrogens (tertiary/aromatic N) is 2. The van der Waals surface area contributed by atoms with E-state index in [1.54, 1.807) is 0 Å². The minimum absolute atomic E-state index is 0.00165. The number of hydrogen-bond donors (Lipinski definition) is 1. The van der Waals surface area contributed by atoms with Gasteiger partial charge in [0, 0.05) is 32.5 Å². The molecule has 0 aliphatic carbocycles. The molecule has 4 heteroatoms. The van der Waals surface area contributed by atoms with Gasteiger partial charge in [0.2, 0.25) is 0 Å². The highest BCUT2D eigenvalue weighted by atomic mass is 16.3. The summed E-state index contributed by atoms with van der Waals surface area (Å²) in [4.78, 5) is 5.53. The van der Waals surface area contributed by atoms with Gasteiger partial charge in [0.15, 0.2) is 0 Å². The minimum atomic E-state index is -0.00165. The molecule has 10 aromatic rings. The Hall–Kier alpha value is -6.91. The van der Waals surface area contributed by atoms with Gasteiger partial charge < -0.3 is 14.3 Å².